The molecule has 0 unspecified atom stereocenters. The van der Waals surface area contributed by atoms with Crippen molar-refractivity contribution in [2.45, 2.75) is 19.7 Å². The molecule has 0 amide bonds. The number of rotatable bonds is 5. The summed E-state index contributed by atoms with van der Waals surface area (Å²) in [5.74, 6) is -0.225. The van der Waals surface area contributed by atoms with E-state index in [9.17, 15) is 13.2 Å². The standard InChI is InChI=1S/C13H13F3N2OS/c1-9-12(20-8-18-9)5-6-17-10-3-2-4-11(7-10)19-13(14,15)16/h2-4,7-8,17H,5-6H2,1H3. The van der Waals surface area contributed by atoms with E-state index in [1.54, 1.807) is 22.9 Å². The van der Waals surface area contributed by atoms with Gasteiger partial charge in [-0.05, 0) is 19.1 Å². The monoisotopic (exact) mass is 302 g/mol. The number of benzene rings is 1. The third-order valence-corrected chi connectivity index (χ3v) is 3.59. The molecule has 0 saturated heterocycles. The number of nitrogens with zero attached hydrogens (tertiary/aromatic N) is 1. The first-order valence-corrected chi connectivity index (χ1v) is 6.80. The molecule has 3 nitrogen and oxygen atoms in total. The molecule has 7 heteroatoms. The maximum Gasteiger partial charge on any atom is 0.573 e. The molecular formula is C13H13F3N2OS. The fourth-order valence-corrected chi connectivity index (χ4v) is 2.47. The highest BCUT2D eigenvalue weighted by Gasteiger charge is 2.31. The Bertz CT molecular complexity index is 569. The number of halogens is 3. The number of thiazole rings is 1. The second-order valence-electron chi connectivity index (χ2n) is 4.11. The number of hydrogen-bond donors (Lipinski definition) is 1. The van der Waals surface area contributed by atoms with E-state index in [1.807, 2.05) is 6.92 Å². The van der Waals surface area contributed by atoms with Crippen LogP contribution in [0.15, 0.2) is 29.8 Å². The van der Waals surface area contributed by atoms with Gasteiger partial charge in [-0.25, -0.2) is 4.98 Å². The molecule has 0 spiro atoms. The van der Waals surface area contributed by atoms with Crippen LogP contribution in [0.25, 0.3) is 0 Å². The lowest BCUT2D eigenvalue weighted by Gasteiger charge is -2.11. The summed E-state index contributed by atoms with van der Waals surface area (Å²) in [5.41, 5.74) is 3.36. The number of ether oxygens (including phenoxy) is 1. The molecule has 0 aliphatic carbocycles. The molecule has 0 atom stereocenters. The van der Waals surface area contributed by atoms with Gasteiger partial charge in [0.2, 0.25) is 0 Å². The zero-order valence-electron chi connectivity index (χ0n) is 10.7. The summed E-state index contributed by atoms with van der Waals surface area (Å²) in [6.45, 7) is 2.56. The molecule has 0 radical (unpaired) electrons. The van der Waals surface area contributed by atoms with Gasteiger partial charge in [-0.1, -0.05) is 6.07 Å². The molecule has 0 aliphatic heterocycles. The van der Waals surface area contributed by atoms with Crippen molar-refractivity contribution in [3.05, 3.63) is 40.3 Å². The number of anilines is 1. The summed E-state index contributed by atoms with van der Waals surface area (Å²) in [6.07, 6.45) is -3.89. The second kappa shape index (κ2) is 6.13. The average molecular weight is 302 g/mol. The van der Waals surface area contributed by atoms with Gasteiger partial charge in [-0.2, -0.15) is 0 Å². The van der Waals surface area contributed by atoms with Gasteiger partial charge in [0.05, 0.1) is 11.2 Å². The predicted molar refractivity (Wildman–Crippen MR) is 72.2 cm³/mol. The van der Waals surface area contributed by atoms with E-state index in [1.165, 1.54) is 23.1 Å². The molecule has 1 heterocycles. The molecule has 1 aromatic carbocycles. The molecule has 0 fully saturated rings. The normalized spacial score (nSPS) is 11.4. The maximum atomic E-state index is 12.1. The summed E-state index contributed by atoms with van der Waals surface area (Å²) < 4.78 is 40.2. The summed E-state index contributed by atoms with van der Waals surface area (Å²) in [6, 6.07) is 5.81. The third-order valence-electron chi connectivity index (χ3n) is 2.59. The van der Waals surface area contributed by atoms with E-state index in [4.69, 9.17) is 0 Å². The Labute approximate surface area is 118 Å². The second-order valence-corrected chi connectivity index (χ2v) is 5.05. The van der Waals surface area contributed by atoms with E-state index in [2.05, 4.69) is 15.0 Å². The van der Waals surface area contributed by atoms with Crippen LogP contribution in [0.3, 0.4) is 0 Å². The molecule has 0 saturated carbocycles. The first-order valence-electron chi connectivity index (χ1n) is 5.93. The lowest BCUT2D eigenvalue weighted by Crippen LogP contribution is -2.17. The smallest absolute Gasteiger partial charge is 0.406 e. The third kappa shape index (κ3) is 4.41. The van der Waals surface area contributed by atoms with Crippen LogP contribution in [0.4, 0.5) is 18.9 Å². The molecular weight excluding hydrogens is 289 g/mol. The largest absolute Gasteiger partial charge is 0.573 e. The maximum absolute atomic E-state index is 12.1. The molecule has 2 rings (SSSR count). The van der Waals surface area contributed by atoms with Crippen molar-refractivity contribution in [3.8, 4) is 5.75 Å². The van der Waals surface area contributed by atoms with Gasteiger partial charge in [0.15, 0.2) is 0 Å². The Hall–Kier alpha value is -1.76. The number of alkyl halides is 3. The highest BCUT2D eigenvalue weighted by Crippen LogP contribution is 2.25. The minimum absolute atomic E-state index is 0.225. The molecule has 0 aliphatic rings. The van der Waals surface area contributed by atoms with Crippen LogP contribution in [0.1, 0.15) is 10.6 Å². The molecule has 1 N–H and O–H groups in total. The SMILES string of the molecule is Cc1ncsc1CCNc1cccc(OC(F)(F)F)c1. The topological polar surface area (TPSA) is 34.2 Å². The van der Waals surface area contributed by atoms with Crippen molar-refractivity contribution in [2.75, 3.05) is 11.9 Å². The number of aromatic nitrogens is 1. The molecule has 108 valence electrons. The van der Waals surface area contributed by atoms with Gasteiger partial charge in [-0.3, -0.25) is 0 Å². The summed E-state index contributed by atoms with van der Waals surface area (Å²) >= 11 is 1.57. The summed E-state index contributed by atoms with van der Waals surface area (Å²) in [5, 5.41) is 3.07. The van der Waals surface area contributed by atoms with E-state index in [-0.39, 0.29) is 5.75 Å². The van der Waals surface area contributed by atoms with Gasteiger partial charge in [-0.15, -0.1) is 24.5 Å². The Morgan fingerprint density at radius 1 is 1.35 bits per heavy atom. The van der Waals surface area contributed by atoms with Crippen molar-refractivity contribution in [3.63, 3.8) is 0 Å². The minimum atomic E-state index is -4.67. The Kier molecular flexibility index (Phi) is 4.49. The van der Waals surface area contributed by atoms with Crippen molar-refractivity contribution >= 4 is 17.0 Å². The Balaban J connectivity index is 1.90. The number of nitrogens with one attached hydrogen (secondary N) is 1. The van der Waals surface area contributed by atoms with E-state index in [0.717, 1.165) is 12.1 Å². The number of aryl methyl sites for hydroxylation is 1. The first-order chi connectivity index (χ1) is 9.44. The molecule has 2 aromatic rings. The van der Waals surface area contributed by atoms with Crippen LogP contribution in [0, 0.1) is 6.92 Å². The molecule has 20 heavy (non-hydrogen) atoms. The van der Waals surface area contributed by atoms with Crippen LogP contribution < -0.4 is 10.1 Å². The van der Waals surface area contributed by atoms with Crippen molar-refractivity contribution < 1.29 is 17.9 Å². The average Bonchev–Trinajstić information content (AvgIpc) is 2.73. The summed E-state index contributed by atoms with van der Waals surface area (Å²) in [4.78, 5) is 5.31. The zero-order valence-corrected chi connectivity index (χ0v) is 11.5. The number of hydrogen-bond acceptors (Lipinski definition) is 4. The fraction of sp³-hybridized carbons (Fsp3) is 0.308. The van der Waals surface area contributed by atoms with Crippen LogP contribution in [-0.4, -0.2) is 17.9 Å². The Morgan fingerprint density at radius 2 is 2.15 bits per heavy atom. The molecule has 0 bridgehead atoms. The van der Waals surface area contributed by atoms with Crippen LogP contribution in [-0.2, 0) is 6.42 Å². The van der Waals surface area contributed by atoms with E-state index < -0.39 is 6.36 Å². The predicted octanol–water partition coefficient (Wildman–Crippen LogP) is 4.00. The van der Waals surface area contributed by atoms with E-state index in [0.29, 0.717) is 12.2 Å². The lowest BCUT2D eigenvalue weighted by atomic mass is 10.2. The lowest BCUT2D eigenvalue weighted by molar-refractivity contribution is -0.274. The zero-order chi connectivity index (χ0) is 14.6. The van der Waals surface area contributed by atoms with Crippen molar-refractivity contribution in [2.24, 2.45) is 0 Å². The van der Waals surface area contributed by atoms with Gasteiger partial charge in [0.1, 0.15) is 5.75 Å². The van der Waals surface area contributed by atoms with Gasteiger partial charge < -0.3 is 10.1 Å². The highest BCUT2D eigenvalue weighted by molar-refractivity contribution is 7.09. The van der Waals surface area contributed by atoms with Crippen molar-refractivity contribution in [1.82, 2.24) is 4.98 Å². The highest BCUT2D eigenvalue weighted by atomic mass is 32.1. The molecule has 1 aromatic heterocycles. The summed E-state index contributed by atoms with van der Waals surface area (Å²) in [7, 11) is 0. The van der Waals surface area contributed by atoms with Gasteiger partial charge >= 0.3 is 6.36 Å². The van der Waals surface area contributed by atoms with Gasteiger partial charge in [0.25, 0.3) is 0 Å². The van der Waals surface area contributed by atoms with E-state index >= 15 is 0 Å². The van der Waals surface area contributed by atoms with Gasteiger partial charge in [0, 0.05) is 29.6 Å². The van der Waals surface area contributed by atoms with Crippen LogP contribution >= 0.6 is 11.3 Å². The quantitative estimate of drug-likeness (QED) is 0.906. The van der Waals surface area contributed by atoms with Crippen LogP contribution in [0.5, 0.6) is 5.75 Å². The van der Waals surface area contributed by atoms with Crippen molar-refractivity contribution in [1.29, 1.82) is 0 Å². The fourth-order valence-electron chi connectivity index (χ4n) is 1.69. The first kappa shape index (κ1) is 14.6. The minimum Gasteiger partial charge on any atom is -0.406 e. The van der Waals surface area contributed by atoms with Crippen LogP contribution in [0.2, 0.25) is 0 Å². The Morgan fingerprint density at radius 3 is 2.80 bits per heavy atom.